The predicted octanol–water partition coefficient (Wildman–Crippen LogP) is 0.576. The van der Waals surface area contributed by atoms with E-state index in [9.17, 15) is 4.79 Å². The van der Waals surface area contributed by atoms with Gasteiger partial charge in [0.2, 0.25) is 0 Å². The molecule has 0 amide bonds. The fraction of sp³-hybridized carbons (Fsp3) is 0.875. The summed E-state index contributed by atoms with van der Waals surface area (Å²) in [6, 6.07) is 0.303. The number of halogens is 1. The van der Waals surface area contributed by atoms with Gasteiger partial charge >= 0.3 is 5.97 Å². The van der Waals surface area contributed by atoms with Gasteiger partial charge in [-0.15, -0.1) is 12.4 Å². The molecule has 0 heterocycles. The highest BCUT2D eigenvalue weighted by Crippen LogP contribution is 2.07. The van der Waals surface area contributed by atoms with Gasteiger partial charge < -0.3 is 16.2 Å². The van der Waals surface area contributed by atoms with Crippen LogP contribution in [0.3, 0.4) is 0 Å². The van der Waals surface area contributed by atoms with Crippen molar-refractivity contribution in [3.05, 3.63) is 0 Å². The molecule has 1 unspecified atom stereocenters. The van der Waals surface area contributed by atoms with Crippen molar-refractivity contribution in [1.29, 1.82) is 0 Å². The number of ether oxygens (including phenoxy) is 1. The van der Waals surface area contributed by atoms with Gasteiger partial charge in [-0.05, 0) is 6.04 Å². The second-order valence-electron chi connectivity index (χ2n) is 4.32. The Morgan fingerprint density at radius 1 is 1.43 bits per heavy atom. The molecule has 6 heteroatoms. The highest BCUT2D eigenvalue weighted by atomic mass is 35.5. The Bertz CT molecular complexity index is 173. The smallest absolute Gasteiger partial charge is 0.324 e. The molecular weight excluding hydrogens is 220 g/mol. The second-order valence-corrected chi connectivity index (χ2v) is 9.94. The summed E-state index contributed by atoms with van der Waals surface area (Å²) in [6.45, 7) is 7.30. The summed E-state index contributed by atoms with van der Waals surface area (Å²) in [5.74, 6) is -0.388. The molecule has 1 atom stereocenters. The third-order valence-corrected chi connectivity index (χ3v) is 3.36. The van der Waals surface area contributed by atoms with Gasteiger partial charge in [0.05, 0.1) is 6.61 Å². The Labute approximate surface area is 92.8 Å². The molecule has 0 rings (SSSR count). The molecule has 0 aromatic heterocycles. The molecule has 0 fully saturated rings. The lowest BCUT2D eigenvalue weighted by Gasteiger charge is -2.16. The van der Waals surface area contributed by atoms with Gasteiger partial charge in [-0.25, -0.2) is 0 Å². The quantitative estimate of drug-likeness (QED) is 0.544. The minimum atomic E-state index is -1.12. The maximum atomic E-state index is 11.0. The largest absolute Gasteiger partial charge is 0.465 e. The first-order valence-electron chi connectivity index (χ1n) is 4.49. The van der Waals surface area contributed by atoms with Crippen LogP contribution in [0.15, 0.2) is 0 Å². The predicted molar refractivity (Wildman–Crippen MR) is 63.4 cm³/mol. The molecule has 0 aliphatic heterocycles. The van der Waals surface area contributed by atoms with E-state index in [0.29, 0.717) is 6.61 Å². The zero-order valence-electron chi connectivity index (χ0n) is 9.08. The van der Waals surface area contributed by atoms with E-state index >= 15 is 0 Å². The van der Waals surface area contributed by atoms with Crippen LogP contribution in [-0.2, 0) is 9.53 Å². The monoisotopic (exact) mass is 240 g/mol. The van der Waals surface area contributed by atoms with Crippen molar-refractivity contribution < 1.29 is 9.53 Å². The third kappa shape index (κ3) is 8.49. The van der Waals surface area contributed by atoms with Gasteiger partial charge in [-0.2, -0.15) is 0 Å². The molecule has 4 N–H and O–H groups in total. The molecule has 0 aromatic rings. The van der Waals surface area contributed by atoms with Gasteiger partial charge in [-0.1, -0.05) is 19.6 Å². The van der Waals surface area contributed by atoms with Crippen LogP contribution in [-0.4, -0.2) is 33.2 Å². The maximum Gasteiger partial charge on any atom is 0.324 e. The van der Waals surface area contributed by atoms with E-state index in [1.54, 1.807) is 0 Å². The minimum absolute atomic E-state index is 0. The molecule has 14 heavy (non-hydrogen) atoms. The molecule has 0 spiro atoms. The summed E-state index contributed by atoms with van der Waals surface area (Å²) in [4.78, 5) is 11.0. The van der Waals surface area contributed by atoms with Gasteiger partial charge in [0, 0.05) is 14.6 Å². The number of esters is 1. The van der Waals surface area contributed by atoms with E-state index in [-0.39, 0.29) is 24.9 Å². The van der Waals surface area contributed by atoms with Crippen molar-refractivity contribution in [1.82, 2.24) is 0 Å². The minimum Gasteiger partial charge on any atom is -0.465 e. The van der Waals surface area contributed by atoms with Crippen LogP contribution in [0.25, 0.3) is 0 Å². The van der Waals surface area contributed by atoms with Crippen molar-refractivity contribution in [2.24, 2.45) is 11.5 Å². The zero-order chi connectivity index (χ0) is 10.5. The number of nitrogens with two attached hydrogens (primary N) is 2. The fourth-order valence-electron chi connectivity index (χ4n) is 0.661. The van der Waals surface area contributed by atoms with Crippen LogP contribution in [0.4, 0.5) is 0 Å². The number of hydrogen-bond donors (Lipinski definition) is 2. The van der Waals surface area contributed by atoms with E-state index in [1.165, 1.54) is 0 Å². The summed E-state index contributed by atoms with van der Waals surface area (Å²) in [5.41, 5.74) is 10.6. The average Bonchev–Trinajstić information content (AvgIpc) is 2.00. The van der Waals surface area contributed by atoms with E-state index in [2.05, 4.69) is 19.6 Å². The lowest BCUT2D eigenvalue weighted by molar-refractivity contribution is -0.144. The average molecular weight is 241 g/mol. The summed E-state index contributed by atoms with van der Waals surface area (Å²) in [7, 11) is -1.12. The summed E-state index contributed by atoms with van der Waals surface area (Å²) in [5, 5.41) is 0. The molecule has 0 aliphatic rings. The van der Waals surface area contributed by atoms with Crippen molar-refractivity contribution in [2.75, 3.05) is 13.2 Å². The van der Waals surface area contributed by atoms with E-state index < -0.39 is 14.1 Å². The molecule has 4 nitrogen and oxygen atoms in total. The molecule has 0 bridgehead atoms. The van der Waals surface area contributed by atoms with Crippen molar-refractivity contribution in [3.8, 4) is 0 Å². The van der Waals surface area contributed by atoms with Gasteiger partial charge in [-0.3, -0.25) is 4.79 Å². The van der Waals surface area contributed by atoms with Crippen LogP contribution >= 0.6 is 12.4 Å². The number of rotatable bonds is 5. The van der Waals surface area contributed by atoms with Crippen LogP contribution < -0.4 is 11.5 Å². The Hall–Kier alpha value is -0.103. The molecule has 0 saturated carbocycles. The van der Waals surface area contributed by atoms with Crippen LogP contribution in [0.1, 0.15) is 0 Å². The molecule has 0 radical (unpaired) electrons. The zero-order valence-corrected chi connectivity index (χ0v) is 10.9. The SMILES string of the molecule is C[Si](C)(C)CCOC(=O)C(N)CN.Cl. The Morgan fingerprint density at radius 3 is 2.29 bits per heavy atom. The first kappa shape index (κ1) is 16.3. The lowest BCUT2D eigenvalue weighted by Crippen LogP contribution is -2.39. The van der Waals surface area contributed by atoms with E-state index in [0.717, 1.165) is 6.04 Å². The van der Waals surface area contributed by atoms with Crippen LogP contribution in [0, 0.1) is 0 Å². The van der Waals surface area contributed by atoms with E-state index in [4.69, 9.17) is 16.2 Å². The first-order valence-corrected chi connectivity index (χ1v) is 8.20. The van der Waals surface area contributed by atoms with Gasteiger partial charge in [0.1, 0.15) is 6.04 Å². The van der Waals surface area contributed by atoms with Crippen molar-refractivity contribution in [2.45, 2.75) is 31.7 Å². The Morgan fingerprint density at radius 2 is 1.93 bits per heavy atom. The first-order chi connectivity index (χ1) is 5.87. The fourth-order valence-corrected chi connectivity index (χ4v) is 1.38. The molecular formula is C8H21ClN2O2Si. The third-order valence-electron chi connectivity index (χ3n) is 1.65. The van der Waals surface area contributed by atoms with Crippen LogP contribution in [0.2, 0.25) is 25.7 Å². The van der Waals surface area contributed by atoms with Crippen LogP contribution in [0.5, 0.6) is 0 Å². The standard InChI is InChI=1S/C8H20N2O2Si.ClH/c1-13(2,3)5-4-12-8(11)7(10)6-9;/h7H,4-6,9-10H2,1-3H3;1H. The molecule has 86 valence electrons. The number of hydrogen-bond acceptors (Lipinski definition) is 4. The maximum absolute atomic E-state index is 11.0. The normalized spacial score (nSPS) is 12.9. The summed E-state index contributed by atoms with van der Waals surface area (Å²) >= 11 is 0. The summed E-state index contributed by atoms with van der Waals surface area (Å²) in [6.07, 6.45) is 0. The highest BCUT2D eigenvalue weighted by molar-refractivity contribution is 6.76. The molecule has 0 aromatic carbocycles. The Balaban J connectivity index is 0. The van der Waals surface area contributed by atoms with Gasteiger partial charge in [0.15, 0.2) is 0 Å². The molecule has 0 aliphatic carbocycles. The highest BCUT2D eigenvalue weighted by Gasteiger charge is 2.16. The number of carbonyl (C=O) groups is 1. The topological polar surface area (TPSA) is 78.3 Å². The molecule has 0 saturated heterocycles. The van der Waals surface area contributed by atoms with E-state index in [1.807, 2.05) is 0 Å². The second kappa shape index (κ2) is 7.22. The number of carbonyl (C=O) groups excluding carboxylic acids is 1. The summed E-state index contributed by atoms with van der Waals surface area (Å²) < 4.78 is 4.96. The lowest BCUT2D eigenvalue weighted by atomic mass is 10.3. The van der Waals surface area contributed by atoms with Crippen molar-refractivity contribution >= 4 is 26.5 Å². The van der Waals surface area contributed by atoms with Crippen molar-refractivity contribution in [3.63, 3.8) is 0 Å². The van der Waals surface area contributed by atoms with Gasteiger partial charge in [0.25, 0.3) is 0 Å². The Kier molecular flexibility index (Phi) is 8.43.